The summed E-state index contributed by atoms with van der Waals surface area (Å²) in [5.74, 6) is 0. The zero-order valence-corrected chi connectivity index (χ0v) is 8.61. The molecule has 0 aromatic carbocycles. The Morgan fingerprint density at radius 3 is 2.50 bits per heavy atom. The minimum atomic E-state index is 0.0626. The van der Waals surface area contributed by atoms with Crippen LogP contribution in [0.25, 0.3) is 0 Å². The van der Waals surface area contributed by atoms with Gasteiger partial charge in [0, 0.05) is 32.7 Å². The smallest absolute Gasteiger partial charge is 0.0698 e. The molecule has 0 spiro atoms. The molecular formula is C8H22N4O2. The summed E-state index contributed by atoms with van der Waals surface area (Å²) in [7, 11) is 0. The van der Waals surface area contributed by atoms with Crippen molar-refractivity contribution in [3.05, 3.63) is 0 Å². The number of hydrogen-bond donors (Lipinski definition) is 4. The van der Waals surface area contributed by atoms with E-state index in [0.29, 0.717) is 26.3 Å². The second-order valence-corrected chi connectivity index (χ2v) is 2.81. The van der Waals surface area contributed by atoms with E-state index in [4.69, 9.17) is 21.3 Å². The molecule has 0 bridgehead atoms. The van der Waals surface area contributed by atoms with E-state index < -0.39 is 0 Å². The molecule has 0 rings (SSSR count). The van der Waals surface area contributed by atoms with Crippen LogP contribution in [0.3, 0.4) is 0 Å². The quantitative estimate of drug-likeness (QED) is 0.237. The number of nitrogens with zero attached hydrogens (tertiary/aromatic N) is 1. The Bertz CT molecular complexity index is 116. The van der Waals surface area contributed by atoms with E-state index >= 15 is 0 Å². The molecule has 0 unspecified atom stereocenters. The Balaban J connectivity index is 3.40. The average Bonchev–Trinajstić information content (AvgIpc) is 2.20. The molecule has 0 aliphatic heterocycles. The Hall–Kier alpha value is -0.240. The topological polar surface area (TPSA) is 96.8 Å². The molecule has 86 valence electrons. The van der Waals surface area contributed by atoms with Crippen LogP contribution in [0.2, 0.25) is 0 Å². The minimum Gasteiger partial charge on any atom is -0.394 e. The van der Waals surface area contributed by atoms with Crippen LogP contribution in [-0.4, -0.2) is 62.7 Å². The van der Waals surface area contributed by atoms with Gasteiger partial charge in [-0.25, -0.2) is 5.01 Å². The van der Waals surface area contributed by atoms with Gasteiger partial charge in [0.1, 0.15) is 0 Å². The summed E-state index contributed by atoms with van der Waals surface area (Å²) in [6.07, 6.45) is 0. The normalized spacial score (nSPS) is 11.1. The van der Waals surface area contributed by atoms with Crippen LogP contribution in [0.4, 0.5) is 0 Å². The first-order valence-electron chi connectivity index (χ1n) is 4.92. The van der Waals surface area contributed by atoms with Gasteiger partial charge in [0.2, 0.25) is 0 Å². The van der Waals surface area contributed by atoms with Crippen LogP contribution in [-0.2, 0) is 4.74 Å². The Kier molecular flexibility index (Phi) is 10.7. The fourth-order valence-corrected chi connectivity index (χ4v) is 0.990. The van der Waals surface area contributed by atoms with Crippen molar-refractivity contribution in [2.24, 2.45) is 11.5 Å². The summed E-state index contributed by atoms with van der Waals surface area (Å²) < 4.78 is 5.14. The van der Waals surface area contributed by atoms with Gasteiger partial charge in [-0.2, -0.15) is 0 Å². The molecule has 0 aliphatic rings. The van der Waals surface area contributed by atoms with Crippen molar-refractivity contribution in [3.63, 3.8) is 0 Å². The summed E-state index contributed by atoms with van der Waals surface area (Å²) in [5, 5.41) is 10.5. The molecule has 6 N–H and O–H groups in total. The van der Waals surface area contributed by atoms with Gasteiger partial charge < -0.3 is 21.3 Å². The van der Waals surface area contributed by atoms with Crippen molar-refractivity contribution in [3.8, 4) is 0 Å². The molecule has 14 heavy (non-hydrogen) atoms. The highest BCUT2D eigenvalue weighted by molar-refractivity contribution is 4.53. The molecule has 0 saturated heterocycles. The summed E-state index contributed by atoms with van der Waals surface area (Å²) in [5.41, 5.74) is 13.9. The maximum atomic E-state index is 8.49. The number of nitrogens with one attached hydrogen (secondary N) is 1. The van der Waals surface area contributed by atoms with Gasteiger partial charge in [-0.05, 0) is 0 Å². The second kappa shape index (κ2) is 10.8. The third-order valence-corrected chi connectivity index (χ3v) is 1.62. The Labute approximate surface area is 85.2 Å². The van der Waals surface area contributed by atoms with Crippen LogP contribution in [0, 0.1) is 0 Å². The van der Waals surface area contributed by atoms with Gasteiger partial charge in [0.25, 0.3) is 0 Å². The molecule has 0 atom stereocenters. The number of nitrogens with two attached hydrogens (primary N) is 2. The largest absolute Gasteiger partial charge is 0.394 e. The standard InChI is InChI=1S/C8H22N4O2/c9-1-3-11-12(4-2-10)5-7-14-8-6-13/h11,13H,1-10H2. The number of ether oxygens (including phenoxy) is 1. The van der Waals surface area contributed by atoms with E-state index in [0.717, 1.165) is 19.6 Å². The predicted octanol–water partition coefficient (Wildman–Crippen LogP) is -2.28. The Morgan fingerprint density at radius 1 is 1.14 bits per heavy atom. The first-order chi connectivity index (χ1) is 6.85. The lowest BCUT2D eigenvalue weighted by molar-refractivity contribution is 0.0617. The van der Waals surface area contributed by atoms with Crippen molar-refractivity contribution in [2.45, 2.75) is 0 Å². The fourth-order valence-electron chi connectivity index (χ4n) is 0.990. The minimum absolute atomic E-state index is 0.0626. The van der Waals surface area contributed by atoms with Crippen molar-refractivity contribution in [1.29, 1.82) is 0 Å². The van der Waals surface area contributed by atoms with Crippen LogP contribution in [0.1, 0.15) is 0 Å². The van der Waals surface area contributed by atoms with E-state index in [-0.39, 0.29) is 6.61 Å². The van der Waals surface area contributed by atoms with Gasteiger partial charge in [-0.3, -0.25) is 5.43 Å². The predicted molar refractivity (Wildman–Crippen MR) is 55.6 cm³/mol. The van der Waals surface area contributed by atoms with E-state index in [1.165, 1.54) is 0 Å². The van der Waals surface area contributed by atoms with Crippen molar-refractivity contribution in [1.82, 2.24) is 10.4 Å². The van der Waals surface area contributed by atoms with E-state index in [1.807, 2.05) is 5.01 Å². The zero-order valence-electron chi connectivity index (χ0n) is 8.61. The molecule has 6 nitrogen and oxygen atoms in total. The van der Waals surface area contributed by atoms with Gasteiger partial charge >= 0.3 is 0 Å². The maximum absolute atomic E-state index is 8.49. The highest BCUT2D eigenvalue weighted by Crippen LogP contribution is 1.82. The lowest BCUT2D eigenvalue weighted by Gasteiger charge is -2.22. The average molecular weight is 206 g/mol. The summed E-state index contributed by atoms with van der Waals surface area (Å²) in [6.45, 7) is 4.47. The SMILES string of the molecule is NCCNN(CCN)CCOCCO. The first kappa shape index (κ1) is 13.8. The number of aliphatic hydroxyl groups is 1. The number of aliphatic hydroxyl groups excluding tert-OH is 1. The third-order valence-electron chi connectivity index (χ3n) is 1.62. The van der Waals surface area contributed by atoms with Gasteiger partial charge in [0.05, 0.1) is 19.8 Å². The van der Waals surface area contributed by atoms with Crippen LogP contribution >= 0.6 is 0 Å². The molecule has 6 heteroatoms. The molecule has 0 amide bonds. The summed E-state index contributed by atoms with van der Waals surface area (Å²) in [4.78, 5) is 0. The monoisotopic (exact) mass is 206 g/mol. The van der Waals surface area contributed by atoms with Crippen LogP contribution in [0.5, 0.6) is 0 Å². The van der Waals surface area contributed by atoms with Crippen molar-refractivity contribution in [2.75, 3.05) is 52.5 Å². The lowest BCUT2D eigenvalue weighted by atomic mass is 10.5. The maximum Gasteiger partial charge on any atom is 0.0698 e. The van der Waals surface area contributed by atoms with Crippen molar-refractivity contribution < 1.29 is 9.84 Å². The summed E-state index contributed by atoms with van der Waals surface area (Å²) in [6, 6.07) is 0. The number of rotatable bonds is 10. The molecule has 0 aliphatic carbocycles. The van der Waals surface area contributed by atoms with Gasteiger partial charge in [-0.15, -0.1) is 0 Å². The lowest BCUT2D eigenvalue weighted by Crippen LogP contribution is -2.45. The molecule has 0 saturated carbocycles. The molecule has 0 heterocycles. The molecule has 0 fully saturated rings. The van der Waals surface area contributed by atoms with Gasteiger partial charge in [-0.1, -0.05) is 0 Å². The van der Waals surface area contributed by atoms with E-state index in [2.05, 4.69) is 5.43 Å². The molecule has 0 aromatic rings. The summed E-state index contributed by atoms with van der Waals surface area (Å²) >= 11 is 0. The van der Waals surface area contributed by atoms with Gasteiger partial charge in [0.15, 0.2) is 0 Å². The van der Waals surface area contributed by atoms with Crippen molar-refractivity contribution >= 4 is 0 Å². The first-order valence-corrected chi connectivity index (χ1v) is 4.92. The third kappa shape index (κ3) is 8.36. The van der Waals surface area contributed by atoms with Crippen LogP contribution in [0.15, 0.2) is 0 Å². The molecule has 0 radical (unpaired) electrons. The van der Waals surface area contributed by atoms with Crippen LogP contribution < -0.4 is 16.9 Å². The Morgan fingerprint density at radius 2 is 1.93 bits per heavy atom. The van der Waals surface area contributed by atoms with E-state index in [1.54, 1.807) is 0 Å². The highest BCUT2D eigenvalue weighted by Gasteiger charge is 2.01. The van der Waals surface area contributed by atoms with E-state index in [9.17, 15) is 0 Å². The zero-order chi connectivity index (χ0) is 10.6. The fraction of sp³-hybridized carbons (Fsp3) is 1.00. The molecule has 0 aromatic heterocycles. The number of hydrogen-bond acceptors (Lipinski definition) is 6. The number of hydrazine groups is 1. The molecular weight excluding hydrogens is 184 g/mol. The highest BCUT2D eigenvalue weighted by atomic mass is 16.5. The second-order valence-electron chi connectivity index (χ2n) is 2.81.